The summed E-state index contributed by atoms with van der Waals surface area (Å²) >= 11 is 1.46. The van der Waals surface area contributed by atoms with E-state index in [-0.39, 0.29) is 12.0 Å². The van der Waals surface area contributed by atoms with Crippen LogP contribution >= 0.6 is 11.3 Å². The quantitative estimate of drug-likeness (QED) is 0.799. The second-order valence-corrected chi connectivity index (χ2v) is 6.24. The minimum atomic E-state index is -0.0147. The van der Waals surface area contributed by atoms with Crippen LogP contribution in [0.3, 0.4) is 0 Å². The smallest absolute Gasteiger partial charge is 0.273 e. The minimum Gasteiger partial charge on any atom is -0.497 e. The Bertz CT molecular complexity index is 838. The van der Waals surface area contributed by atoms with Crippen LogP contribution in [0, 0.1) is 0 Å². The Kier molecular flexibility index (Phi) is 3.42. The van der Waals surface area contributed by atoms with E-state index in [1.165, 1.54) is 11.3 Å². The van der Waals surface area contributed by atoms with Crippen LogP contribution < -0.4 is 9.47 Å². The van der Waals surface area contributed by atoms with Crippen LogP contribution in [0.15, 0.2) is 35.8 Å². The number of hydrogen-bond donors (Lipinski definition) is 1. The SMILES string of the molecule is COc1ccc2cc(C(=O)N3CC(Oc4nccs4)C3)[nH]c2c1. The van der Waals surface area contributed by atoms with E-state index in [0.29, 0.717) is 24.0 Å². The molecule has 1 amide bonds. The third kappa shape index (κ3) is 2.63. The molecule has 1 fully saturated rings. The molecule has 1 N–H and O–H groups in total. The summed E-state index contributed by atoms with van der Waals surface area (Å²) in [7, 11) is 1.62. The number of carbonyl (C=O) groups is 1. The number of rotatable bonds is 4. The molecule has 1 aromatic carbocycles. The third-order valence-corrected chi connectivity index (χ3v) is 4.53. The van der Waals surface area contributed by atoms with Crippen molar-refractivity contribution in [2.75, 3.05) is 20.2 Å². The first-order valence-electron chi connectivity index (χ1n) is 7.25. The Morgan fingerprint density at radius 2 is 2.26 bits per heavy atom. The summed E-state index contributed by atoms with van der Waals surface area (Å²) in [6.07, 6.45) is 1.73. The summed E-state index contributed by atoms with van der Waals surface area (Å²) in [5.41, 5.74) is 1.48. The van der Waals surface area contributed by atoms with Gasteiger partial charge in [0.1, 0.15) is 17.5 Å². The van der Waals surface area contributed by atoms with Crippen molar-refractivity contribution >= 4 is 28.1 Å². The largest absolute Gasteiger partial charge is 0.497 e. The molecule has 0 atom stereocenters. The van der Waals surface area contributed by atoms with Crippen molar-refractivity contribution in [2.45, 2.75) is 6.10 Å². The molecule has 1 saturated heterocycles. The third-order valence-electron chi connectivity index (χ3n) is 3.87. The molecule has 0 bridgehead atoms. The zero-order chi connectivity index (χ0) is 15.8. The highest BCUT2D eigenvalue weighted by atomic mass is 32.1. The van der Waals surface area contributed by atoms with E-state index in [0.717, 1.165) is 16.7 Å². The molecule has 23 heavy (non-hydrogen) atoms. The van der Waals surface area contributed by atoms with E-state index in [4.69, 9.17) is 9.47 Å². The van der Waals surface area contributed by atoms with Crippen molar-refractivity contribution in [1.29, 1.82) is 0 Å². The van der Waals surface area contributed by atoms with Gasteiger partial charge in [0.2, 0.25) is 0 Å². The highest BCUT2D eigenvalue weighted by molar-refractivity contribution is 7.11. The lowest BCUT2D eigenvalue weighted by molar-refractivity contribution is 0.0173. The fourth-order valence-corrected chi connectivity index (χ4v) is 3.16. The van der Waals surface area contributed by atoms with Gasteiger partial charge in [0.05, 0.1) is 20.2 Å². The van der Waals surface area contributed by atoms with Gasteiger partial charge in [-0.3, -0.25) is 4.79 Å². The molecule has 118 valence electrons. The number of nitrogens with one attached hydrogen (secondary N) is 1. The predicted molar refractivity (Wildman–Crippen MR) is 87.3 cm³/mol. The fourth-order valence-electron chi connectivity index (χ4n) is 2.61. The van der Waals surface area contributed by atoms with Crippen molar-refractivity contribution in [3.05, 3.63) is 41.5 Å². The van der Waals surface area contributed by atoms with Crippen molar-refractivity contribution in [2.24, 2.45) is 0 Å². The molecule has 1 aliphatic heterocycles. The number of amides is 1. The summed E-state index contributed by atoms with van der Waals surface area (Å²) in [6, 6.07) is 7.57. The fraction of sp³-hybridized carbons (Fsp3) is 0.250. The van der Waals surface area contributed by atoms with E-state index in [2.05, 4.69) is 9.97 Å². The number of methoxy groups -OCH3 is 1. The van der Waals surface area contributed by atoms with Gasteiger partial charge in [-0.1, -0.05) is 11.3 Å². The van der Waals surface area contributed by atoms with Crippen LogP contribution in [0.5, 0.6) is 10.9 Å². The molecule has 2 aromatic heterocycles. The average molecular weight is 329 g/mol. The maximum Gasteiger partial charge on any atom is 0.273 e. The molecule has 4 rings (SSSR count). The Labute approximate surface area is 136 Å². The van der Waals surface area contributed by atoms with Gasteiger partial charge in [-0.05, 0) is 18.2 Å². The Morgan fingerprint density at radius 1 is 1.39 bits per heavy atom. The van der Waals surface area contributed by atoms with Crippen molar-refractivity contribution in [3.8, 4) is 10.9 Å². The molecule has 0 aliphatic carbocycles. The number of aromatic amines is 1. The molecule has 3 aromatic rings. The van der Waals surface area contributed by atoms with Crippen LogP contribution in [0.1, 0.15) is 10.5 Å². The molecular formula is C16H15N3O3S. The maximum atomic E-state index is 12.5. The van der Waals surface area contributed by atoms with E-state index in [1.807, 2.05) is 29.6 Å². The van der Waals surface area contributed by atoms with Gasteiger partial charge < -0.3 is 19.4 Å². The number of benzene rings is 1. The van der Waals surface area contributed by atoms with Crippen LogP contribution in [0.4, 0.5) is 0 Å². The molecule has 0 spiro atoms. The average Bonchev–Trinajstić information content (AvgIpc) is 3.18. The molecule has 0 saturated carbocycles. The van der Waals surface area contributed by atoms with E-state index in [9.17, 15) is 4.79 Å². The van der Waals surface area contributed by atoms with Gasteiger partial charge in [0.15, 0.2) is 0 Å². The second-order valence-electron chi connectivity index (χ2n) is 5.38. The number of H-pyrrole nitrogens is 1. The van der Waals surface area contributed by atoms with Gasteiger partial charge in [-0.2, -0.15) is 0 Å². The summed E-state index contributed by atoms with van der Waals surface area (Å²) in [5.74, 6) is 0.748. The normalized spacial score (nSPS) is 14.7. The van der Waals surface area contributed by atoms with Crippen molar-refractivity contribution < 1.29 is 14.3 Å². The molecule has 7 heteroatoms. The highest BCUT2D eigenvalue weighted by Gasteiger charge is 2.33. The van der Waals surface area contributed by atoms with Crippen LogP contribution in [-0.4, -0.2) is 47.1 Å². The standard InChI is InChI=1S/C16H15N3O3S/c1-21-11-3-2-10-6-14(18-13(10)7-11)15(20)19-8-12(9-19)22-16-17-4-5-23-16/h2-7,12,18H,8-9H2,1H3. The Hall–Kier alpha value is -2.54. The van der Waals surface area contributed by atoms with Crippen molar-refractivity contribution in [3.63, 3.8) is 0 Å². The zero-order valence-electron chi connectivity index (χ0n) is 12.5. The van der Waals surface area contributed by atoms with Gasteiger partial charge in [0.25, 0.3) is 11.1 Å². The molecule has 3 heterocycles. The Morgan fingerprint density at radius 3 is 3.00 bits per heavy atom. The lowest BCUT2D eigenvalue weighted by atomic mass is 10.1. The monoisotopic (exact) mass is 329 g/mol. The lowest BCUT2D eigenvalue weighted by Crippen LogP contribution is -2.56. The number of hydrogen-bond acceptors (Lipinski definition) is 5. The lowest BCUT2D eigenvalue weighted by Gasteiger charge is -2.37. The van der Waals surface area contributed by atoms with E-state index < -0.39 is 0 Å². The number of aromatic nitrogens is 2. The zero-order valence-corrected chi connectivity index (χ0v) is 13.3. The first-order valence-corrected chi connectivity index (χ1v) is 8.13. The number of nitrogens with zero attached hydrogens (tertiary/aromatic N) is 2. The summed E-state index contributed by atoms with van der Waals surface area (Å²) in [4.78, 5) is 21.5. The number of carbonyl (C=O) groups excluding carboxylic acids is 1. The topological polar surface area (TPSA) is 67.4 Å². The van der Waals surface area contributed by atoms with Gasteiger partial charge in [-0.25, -0.2) is 4.98 Å². The van der Waals surface area contributed by atoms with Gasteiger partial charge >= 0.3 is 0 Å². The van der Waals surface area contributed by atoms with Gasteiger partial charge in [-0.15, -0.1) is 0 Å². The first-order chi connectivity index (χ1) is 11.2. The van der Waals surface area contributed by atoms with Crippen LogP contribution in [-0.2, 0) is 0 Å². The number of ether oxygens (including phenoxy) is 2. The number of thiazole rings is 1. The summed E-state index contributed by atoms with van der Waals surface area (Å²) < 4.78 is 10.9. The van der Waals surface area contributed by atoms with Gasteiger partial charge in [0, 0.05) is 28.5 Å². The van der Waals surface area contributed by atoms with Crippen LogP contribution in [0.25, 0.3) is 10.9 Å². The highest BCUT2D eigenvalue weighted by Crippen LogP contribution is 2.24. The molecular weight excluding hydrogens is 314 g/mol. The number of fused-ring (bicyclic) bond motifs is 1. The summed E-state index contributed by atoms with van der Waals surface area (Å²) in [5, 5.41) is 3.51. The van der Waals surface area contributed by atoms with E-state index >= 15 is 0 Å². The molecule has 0 radical (unpaired) electrons. The molecule has 6 nitrogen and oxygen atoms in total. The maximum absolute atomic E-state index is 12.5. The van der Waals surface area contributed by atoms with E-state index in [1.54, 1.807) is 18.2 Å². The van der Waals surface area contributed by atoms with Crippen molar-refractivity contribution in [1.82, 2.24) is 14.9 Å². The minimum absolute atomic E-state index is 0.0147. The second kappa shape index (κ2) is 5.58. The Balaban J connectivity index is 1.43. The molecule has 1 aliphatic rings. The van der Waals surface area contributed by atoms with Crippen LogP contribution in [0.2, 0.25) is 0 Å². The predicted octanol–water partition coefficient (Wildman–Crippen LogP) is 2.54. The molecule has 0 unspecified atom stereocenters. The number of likely N-dealkylation sites (tertiary alicyclic amines) is 1. The first kappa shape index (κ1) is 14.1. The summed E-state index contributed by atoms with van der Waals surface area (Å²) in [6.45, 7) is 1.16.